The third kappa shape index (κ3) is 5.86. The molecule has 0 radical (unpaired) electrons. The maximum absolute atomic E-state index is 12.1. The molecule has 10 nitrogen and oxygen atoms in total. The molecule has 0 atom stereocenters. The van der Waals surface area contributed by atoms with E-state index in [9.17, 15) is 35.4 Å². The fraction of sp³-hybridized carbons (Fsp3) is 0.286. The number of nitrogens with zero attached hydrogens (tertiary/aromatic N) is 3. The third-order valence-corrected chi connectivity index (χ3v) is 6.13. The molecule has 0 bridgehead atoms. The second-order valence-electron chi connectivity index (χ2n) is 11.0. The van der Waals surface area contributed by atoms with E-state index in [1.54, 1.807) is 18.2 Å². The average Bonchev–Trinajstić information content (AvgIpc) is 2.81. The molecule has 0 aliphatic heterocycles. The van der Waals surface area contributed by atoms with Crippen LogP contribution in [0.1, 0.15) is 69.4 Å². The lowest BCUT2D eigenvalue weighted by Gasteiger charge is -2.28. The molecule has 3 aromatic carbocycles. The molecule has 3 aromatic rings. The van der Waals surface area contributed by atoms with Gasteiger partial charge in [0.2, 0.25) is 0 Å². The Kier molecular flexibility index (Phi) is 7.39. The second kappa shape index (κ2) is 10.0. The number of nitro benzene ring substituents is 3. The van der Waals surface area contributed by atoms with Crippen LogP contribution in [0, 0.1) is 30.3 Å². The van der Waals surface area contributed by atoms with Crippen LogP contribution in [0.25, 0.3) is 11.6 Å². The highest BCUT2D eigenvalue weighted by atomic mass is 16.6. The van der Waals surface area contributed by atoms with Gasteiger partial charge in [0.15, 0.2) is 0 Å². The number of hydrogen-bond acceptors (Lipinski definition) is 7. The van der Waals surface area contributed by atoms with E-state index in [0.717, 1.165) is 6.07 Å². The minimum Gasteiger partial charge on any atom is -0.507 e. The molecule has 0 saturated carbocycles. The standard InChI is InChI=1S/C28H29N3O7/c1-27(2,3)23-14-18(15-24(26(23)32)28(4,5)6)22(13-17-7-9-19(10-8-17)29(33)34)21-12-11-20(30(35)36)16-25(21)31(37)38/h7-16,32H,1-6H3/b22-13-. The smallest absolute Gasteiger partial charge is 0.284 e. The largest absolute Gasteiger partial charge is 0.507 e. The molecule has 0 heterocycles. The highest BCUT2D eigenvalue weighted by molar-refractivity contribution is 5.95. The summed E-state index contributed by atoms with van der Waals surface area (Å²) in [5.41, 5.74) is 0.856. The molecular formula is C28H29N3O7. The summed E-state index contributed by atoms with van der Waals surface area (Å²) in [5.74, 6) is 0.127. The second-order valence-corrected chi connectivity index (χ2v) is 11.0. The molecule has 0 saturated heterocycles. The lowest BCUT2D eigenvalue weighted by molar-refractivity contribution is -0.394. The molecule has 10 heteroatoms. The number of nitro groups is 3. The first kappa shape index (κ1) is 28.0. The van der Waals surface area contributed by atoms with Crippen LogP contribution in [0.2, 0.25) is 0 Å². The lowest BCUT2D eigenvalue weighted by Crippen LogP contribution is -2.18. The SMILES string of the molecule is CC(C)(C)c1cc(/C(=C/c2ccc([N+](=O)[O-])cc2)c2ccc([N+](=O)[O-])cc2[N+](=O)[O-])cc(C(C)(C)C)c1O. The minimum atomic E-state index is -0.702. The van der Waals surface area contributed by atoms with Crippen molar-refractivity contribution in [2.24, 2.45) is 0 Å². The topological polar surface area (TPSA) is 150 Å². The monoisotopic (exact) mass is 519 g/mol. The number of hydrogen-bond donors (Lipinski definition) is 1. The summed E-state index contributed by atoms with van der Waals surface area (Å²) in [7, 11) is 0. The predicted octanol–water partition coefficient (Wildman–Crippen LogP) is 7.30. The first-order valence-corrected chi connectivity index (χ1v) is 11.8. The van der Waals surface area contributed by atoms with Gasteiger partial charge in [-0.25, -0.2) is 0 Å². The van der Waals surface area contributed by atoms with E-state index in [1.807, 2.05) is 41.5 Å². The Bertz CT molecular complexity index is 1430. The number of non-ortho nitro benzene ring substituents is 2. The van der Waals surface area contributed by atoms with Gasteiger partial charge in [-0.2, -0.15) is 0 Å². The molecule has 0 fully saturated rings. The molecule has 1 N–H and O–H groups in total. The highest BCUT2D eigenvalue weighted by Crippen LogP contribution is 2.43. The van der Waals surface area contributed by atoms with Crippen molar-refractivity contribution in [1.82, 2.24) is 0 Å². The van der Waals surface area contributed by atoms with Gasteiger partial charge in [-0.3, -0.25) is 30.3 Å². The Morgan fingerprint density at radius 2 is 1.18 bits per heavy atom. The number of benzene rings is 3. The van der Waals surface area contributed by atoms with Crippen LogP contribution in [0.5, 0.6) is 5.75 Å². The van der Waals surface area contributed by atoms with Gasteiger partial charge in [0.05, 0.1) is 26.4 Å². The first-order valence-electron chi connectivity index (χ1n) is 11.8. The van der Waals surface area contributed by atoms with Crippen molar-refractivity contribution in [3.05, 3.63) is 113 Å². The Hall–Kier alpha value is -4.60. The van der Waals surface area contributed by atoms with Crippen molar-refractivity contribution in [3.8, 4) is 5.75 Å². The van der Waals surface area contributed by atoms with Crippen molar-refractivity contribution in [3.63, 3.8) is 0 Å². The first-order chi connectivity index (χ1) is 17.5. The van der Waals surface area contributed by atoms with E-state index >= 15 is 0 Å². The highest BCUT2D eigenvalue weighted by Gasteiger charge is 2.29. The van der Waals surface area contributed by atoms with Crippen molar-refractivity contribution < 1.29 is 19.9 Å². The number of phenolic OH excluding ortho intramolecular Hbond substituents is 1. The normalized spacial score (nSPS) is 12.3. The fourth-order valence-electron chi connectivity index (χ4n) is 4.12. The van der Waals surface area contributed by atoms with Gasteiger partial charge in [-0.1, -0.05) is 41.5 Å². The van der Waals surface area contributed by atoms with Gasteiger partial charge in [-0.05, 0) is 63.9 Å². The zero-order valence-corrected chi connectivity index (χ0v) is 22.0. The van der Waals surface area contributed by atoms with Gasteiger partial charge in [0, 0.05) is 29.3 Å². The molecule has 3 rings (SSSR count). The molecule has 0 amide bonds. The summed E-state index contributed by atoms with van der Waals surface area (Å²) in [6.07, 6.45) is 1.64. The predicted molar refractivity (Wildman–Crippen MR) is 145 cm³/mol. The van der Waals surface area contributed by atoms with Crippen LogP contribution in [0.4, 0.5) is 17.1 Å². The van der Waals surface area contributed by atoms with E-state index in [2.05, 4.69) is 0 Å². The summed E-state index contributed by atoms with van der Waals surface area (Å²) in [5, 5.41) is 45.7. The Morgan fingerprint density at radius 3 is 1.61 bits per heavy atom. The van der Waals surface area contributed by atoms with Gasteiger partial charge < -0.3 is 5.11 Å². The Morgan fingerprint density at radius 1 is 0.711 bits per heavy atom. The molecule has 0 aromatic heterocycles. The van der Waals surface area contributed by atoms with Crippen LogP contribution in [-0.2, 0) is 10.8 Å². The fourth-order valence-corrected chi connectivity index (χ4v) is 4.12. The molecule has 198 valence electrons. The molecule has 0 spiro atoms. The van der Waals surface area contributed by atoms with Crippen LogP contribution in [0.15, 0.2) is 54.6 Å². The molecule has 38 heavy (non-hydrogen) atoms. The minimum absolute atomic E-state index is 0.111. The van der Waals surface area contributed by atoms with E-state index < -0.39 is 37.0 Å². The van der Waals surface area contributed by atoms with Crippen LogP contribution in [0.3, 0.4) is 0 Å². The van der Waals surface area contributed by atoms with E-state index in [0.29, 0.717) is 27.8 Å². The summed E-state index contributed by atoms with van der Waals surface area (Å²) in [6.45, 7) is 11.6. The Balaban J connectivity index is 2.44. The van der Waals surface area contributed by atoms with Crippen molar-refractivity contribution >= 4 is 28.7 Å². The molecule has 0 aliphatic rings. The van der Waals surface area contributed by atoms with Crippen molar-refractivity contribution in [2.75, 3.05) is 0 Å². The summed E-state index contributed by atoms with van der Waals surface area (Å²) < 4.78 is 0. The molecule has 0 aliphatic carbocycles. The summed E-state index contributed by atoms with van der Waals surface area (Å²) in [6, 6.07) is 12.6. The zero-order chi connectivity index (χ0) is 28.6. The zero-order valence-electron chi connectivity index (χ0n) is 22.0. The summed E-state index contributed by atoms with van der Waals surface area (Å²) >= 11 is 0. The quantitative estimate of drug-likeness (QED) is 0.204. The molecular weight excluding hydrogens is 490 g/mol. The van der Waals surface area contributed by atoms with Crippen molar-refractivity contribution in [1.29, 1.82) is 0 Å². The third-order valence-electron chi connectivity index (χ3n) is 6.13. The van der Waals surface area contributed by atoms with Crippen LogP contribution >= 0.6 is 0 Å². The average molecular weight is 520 g/mol. The van der Waals surface area contributed by atoms with E-state index in [1.165, 1.54) is 36.4 Å². The maximum Gasteiger partial charge on any atom is 0.284 e. The number of rotatable bonds is 6. The van der Waals surface area contributed by atoms with Gasteiger partial charge in [0.1, 0.15) is 5.75 Å². The van der Waals surface area contributed by atoms with E-state index in [4.69, 9.17) is 0 Å². The summed E-state index contributed by atoms with van der Waals surface area (Å²) in [4.78, 5) is 32.6. The van der Waals surface area contributed by atoms with Gasteiger partial charge in [0.25, 0.3) is 17.1 Å². The van der Waals surface area contributed by atoms with E-state index in [-0.39, 0.29) is 17.0 Å². The van der Waals surface area contributed by atoms with Crippen LogP contribution in [-0.4, -0.2) is 19.9 Å². The lowest BCUT2D eigenvalue weighted by atomic mass is 9.77. The maximum atomic E-state index is 12.1. The Labute approximate surface area is 219 Å². The van der Waals surface area contributed by atoms with Gasteiger partial charge in [-0.15, -0.1) is 0 Å². The van der Waals surface area contributed by atoms with Crippen LogP contribution < -0.4 is 0 Å². The number of phenols is 1. The molecule has 0 unspecified atom stereocenters. The van der Waals surface area contributed by atoms with Crippen molar-refractivity contribution in [2.45, 2.75) is 52.4 Å². The van der Waals surface area contributed by atoms with Gasteiger partial charge >= 0.3 is 0 Å². The number of aromatic hydroxyl groups is 1.